The third-order valence-electron chi connectivity index (χ3n) is 8.86. The molecule has 1 fully saturated rings. The van der Waals surface area contributed by atoms with Crippen LogP contribution < -0.4 is 26.6 Å². The van der Waals surface area contributed by atoms with Crippen LogP contribution in [0.3, 0.4) is 0 Å². The van der Waals surface area contributed by atoms with Gasteiger partial charge in [0.15, 0.2) is 0 Å². The Morgan fingerprint density at radius 1 is 1.25 bits per heavy atom. The number of nitrogens with one attached hydrogen (secondary N) is 1. The van der Waals surface area contributed by atoms with Crippen LogP contribution in [-0.4, -0.2) is 53.6 Å². The van der Waals surface area contributed by atoms with Crippen molar-refractivity contribution >= 4 is 29.2 Å². The van der Waals surface area contributed by atoms with E-state index in [1.165, 1.54) is 11.1 Å². The Hall–Kier alpha value is -3.31. The van der Waals surface area contributed by atoms with Crippen LogP contribution in [0.4, 0.5) is 11.4 Å². The highest BCUT2D eigenvalue weighted by Gasteiger charge is 2.41. The molecule has 1 amide bonds. The molecule has 0 radical (unpaired) electrons. The van der Waals surface area contributed by atoms with E-state index in [0.29, 0.717) is 37.9 Å². The van der Waals surface area contributed by atoms with E-state index < -0.39 is 5.41 Å². The Labute approximate surface area is 265 Å². The standard InChI is InChI=1S/C34H46N6O3S/c1-7-40(36)28-13-12-27(23(4)31(28)35)30(34(5,6)33(41)38-26-14-16-42-20-26)24-11-10-21(2)25(17-24)19-39-18-22(3)43-32-29(44-39)9-8-15-37-32/h8-13,15,17,22,26,30H,7,14,16,18-20,35-36H2,1-6H3,(H,38,41). The molecule has 2 aromatic carbocycles. The number of pyridine rings is 1. The van der Waals surface area contributed by atoms with Crippen LogP contribution >= 0.6 is 11.9 Å². The van der Waals surface area contributed by atoms with E-state index in [-0.39, 0.29) is 24.0 Å². The molecule has 236 valence electrons. The number of rotatable bonds is 9. The lowest BCUT2D eigenvalue weighted by Crippen LogP contribution is -2.46. The van der Waals surface area contributed by atoms with Gasteiger partial charge in [0.2, 0.25) is 11.8 Å². The Bertz CT molecular complexity index is 1490. The van der Waals surface area contributed by atoms with E-state index in [9.17, 15) is 4.79 Å². The molecule has 3 aromatic rings. The van der Waals surface area contributed by atoms with Gasteiger partial charge in [-0.2, -0.15) is 0 Å². The molecule has 0 aliphatic carbocycles. The second-order valence-electron chi connectivity index (χ2n) is 12.5. The molecular weight excluding hydrogens is 572 g/mol. The average Bonchev–Trinajstić information content (AvgIpc) is 3.44. The highest BCUT2D eigenvalue weighted by Crippen LogP contribution is 2.45. The van der Waals surface area contributed by atoms with Crippen molar-refractivity contribution in [2.24, 2.45) is 11.3 Å². The first-order valence-corrected chi connectivity index (χ1v) is 16.2. The summed E-state index contributed by atoms with van der Waals surface area (Å²) < 4.78 is 14.0. The summed E-state index contributed by atoms with van der Waals surface area (Å²) in [7, 11) is 0. The maximum Gasteiger partial charge on any atom is 0.228 e. The summed E-state index contributed by atoms with van der Waals surface area (Å²) in [5.74, 6) is 6.66. The first-order chi connectivity index (χ1) is 21.0. The molecule has 1 saturated heterocycles. The van der Waals surface area contributed by atoms with Crippen molar-refractivity contribution in [3.63, 3.8) is 0 Å². The van der Waals surface area contributed by atoms with Crippen LogP contribution in [0.15, 0.2) is 53.6 Å². The summed E-state index contributed by atoms with van der Waals surface area (Å²) in [6, 6.07) is 14.6. The number of benzene rings is 2. The van der Waals surface area contributed by atoms with Gasteiger partial charge < -0.3 is 25.5 Å². The Morgan fingerprint density at radius 3 is 2.77 bits per heavy atom. The number of carbonyl (C=O) groups excluding carboxylic acids is 1. The fourth-order valence-corrected chi connectivity index (χ4v) is 7.24. The fraction of sp³-hybridized carbons (Fsp3) is 0.471. The minimum absolute atomic E-state index is 0.00524. The van der Waals surface area contributed by atoms with Gasteiger partial charge in [0, 0.05) is 38.4 Å². The van der Waals surface area contributed by atoms with Crippen molar-refractivity contribution < 1.29 is 14.3 Å². The van der Waals surface area contributed by atoms with Crippen LogP contribution in [0.1, 0.15) is 67.9 Å². The van der Waals surface area contributed by atoms with Crippen LogP contribution in [0.25, 0.3) is 0 Å². The molecular formula is C34H46N6O3S. The minimum Gasteiger partial charge on any atom is -0.472 e. The maximum absolute atomic E-state index is 14.0. The number of carbonyl (C=O) groups is 1. The summed E-state index contributed by atoms with van der Waals surface area (Å²) in [6.07, 6.45) is 2.58. The van der Waals surface area contributed by atoms with Gasteiger partial charge in [0.1, 0.15) is 6.10 Å². The van der Waals surface area contributed by atoms with Crippen molar-refractivity contribution in [3.8, 4) is 5.88 Å². The average molecular weight is 619 g/mol. The van der Waals surface area contributed by atoms with E-state index in [1.807, 2.05) is 45.9 Å². The number of hydrogen-bond donors (Lipinski definition) is 3. The number of anilines is 2. The molecule has 44 heavy (non-hydrogen) atoms. The summed E-state index contributed by atoms with van der Waals surface area (Å²) >= 11 is 1.67. The van der Waals surface area contributed by atoms with Gasteiger partial charge in [-0.1, -0.05) is 38.1 Å². The monoisotopic (exact) mass is 618 g/mol. The van der Waals surface area contributed by atoms with E-state index in [4.69, 9.17) is 21.1 Å². The highest BCUT2D eigenvalue weighted by molar-refractivity contribution is 7.97. The molecule has 0 saturated carbocycles. The highest BCUT2D eigenvalue weighted by atomic mass is 32.2. The largest absolute Gasteiger partial charge is 0.472 e. The van der Waals surface area contributed by atoms with Crippen LogP contribution in [0.5, 0.6) is 5.88 Å². The number of hydrazine groups is 1. The second kappa shape index (κ2) is 13.4. The zero-order valence-electron chi connectivity index (χ0n) is 26.7. The molecule has 1 aromatic heterocycles. The fourth-order valence-electron chi connectivity index (χ4n) is 6.15. The van der Waals surface area contributed by atoms with Gasteiger partial charge in [0.05, 0.1) is 34.3 Å². The zero-order valence-corrected chi connectivity index (χ0v) is 27.5. The number of nitrogen functional groups attached to an aromatic ring is 1. The van der Waals surface area contributed by atoms with Crippen molar-refractivity contribution in [1.82, 2.24) is 14.6 Å². The van der Waals surface area contributed by atoms with Gasteiger partial charge >= 0.3 is 0 Å². The van der Waals surface area contributed by atoms with Crippen molar-refractivity contribution in [3.05, 3.63) is 76.5 Å². The van der Waals surface area contributed by atoms with E-state index in [0.717, 1.165) is 40.2 Å². The first kappa shape index (κ1) is 32.1. The van der Waals surface area contributed by atoms with Gasteiger partial charge in [-0.3, -0.25) is 4.79 Å². The van der Waals surface area contributed by atoms with Crippen LogP contribution in [-0.2, 0) is 16.1 Å². The van der Waals surface area contributed by atoms with Gasteiger partial charge in [-0.15, -0.1) is 0 Å². The lowest BCUT2D eigenvalue weighted by molar-refractivity contribution is -0.130. The van der Waals surface area contributed by atoms with Crippen molar-refractivity contribution in [2.75, 3.05) is 37.0 Å². The summed E-state index contributed by atoms with van der Waals surface area (Å²) in [5, 5.41) is 4.92. The van der Waals surface area contributed by atoms with E-state index in [2.05, 4.69) is 52.7 Å². The quantitative estimate of drug-likeness (QED) is 0.126. The molecule has 10 heteroatoms. The number of fused-ring (bicyclic) bond motifs is 1. The van der Waals surface area contributed by atoms with Crippen molar-refractivity contribution in [1.29, 1.82) is 0 Å². The minimum atomic E-state index is -0.800. The van der Waals surface area contributed by atoms with E-state index in [1.54, 1.807) is 23.2 Å². The summed E-state index contributed by atoms with van der Waals surface area (Å²) in [5.41, 5.74) is 12.7. The molecule has 5 rings (SSSR count). The molecule has 2 aliphatic rings. The predicted octanol–water partition coefficient (Wildman–Crippen LogP) is 5.33. The predicted molar refractivity (Wildman–Crippen MR) is 178 cm³/mol. The number of aryl methyl sites for hydroxylation is 1. The third kappa shape index (κ3) is 6.68. The lowest BCUT2D eigenvalue weighted by atomic mass is 9.69. The van der Waals surface area contributed by atoms with E-state index >= 15 is 0 Å². The number of nitrogens with zero attached hydrogens (tertiary/aromatic N) is 3. The first-order valence-electron chi connectivity index (χ1n) is 15.4. The molecule has 9 nitrogen and oxygen atoms in total. The number of ether oxygens (including phenoxy) is 2. The zero-order chi connectivity index (χ0) is 31.6. The molecule has 0 bridgehead atoms. The Balaban J connectivity index is 1.55. The Morgan fingerprint density at radius 2 is 2.05 bits per heavy atom. The molecule has 2 aliphatic heterocycles. The van der Waals surface area contributed by atoms with Gasteiger partial charge in [-0.05, 0) is 92.1 Å². The number of nitrogens with two attached hydrogens (primary N) is 2. The Kier molecular flexibility index (Phi) is 9.74. The number of amides is 1. The molecule has 5 N–H and O–H groups in total. The maximum atomic E-state index is 14.0. The van der Waals surface area contributed by atoms with Gasteiger partial charge in [0.25, 0.3) is 0 Å². The smallest absolute Gasteiger partial charge is 0.228 e. The van der Waals surface area contributed by atoms with Gasteiger partial charge in [-0.25, -0.2) is 15.1 Å². The molecule has 3 heterocycles. The molecule has 3 atom stereocenters. The van der Waals surface area contributed by atoms with Crippen LogP contribution in [0.2, 0.25) is 0 Å². The third-order valence-corrected chi connectivity index (χ3v) is 9.90. The second-order valence-corrected chi connectivity index (χ2v) is 13.7. The molecule has 3 unspecified atom stereocenters. The van der Waals surface area contributed by atoms with Crippen molar-refractivity contribution in [2.45, 2.75) is 77.5 Å². The SMILES string of the molecule is CCN(N)c1ccc(C(c2ccc(C)c(CN3CC(C)Oc4ncccc4S3)c2)C(C)(C)C(=O)NC2CCOC2)c(C)c1N. The topological polar surface area (TPSA) is 119 Å². The van der Waals surface area contributed by atoms with Crippen LogP contribution in [0, 0.1) is 19.3 Å². The molecule has 0 spiro atoms. The number of hydrogen-bond acceptors (Lipinski definition) is 9. The lowest BCUT2D eigenvalue weighted by Gasteiger charge is -2.37. The number of aromatic nitrogens is 1. The normalized spacial score (nSPS) is 19.5. The summed E-state index contributed by atoms with van der Waals surface area (Å²) in [6.45, 7) is 15.6. The summed E-state index contributed by atoms with van der Waals surface area (Å²) in [4.78, 5) is 19.5.